The smallest absolute Gasteiger partial charge is 0.187 e. The van der Waals surface area contributed by atoms with Crippen LogP contribution in [0.1, 0.15) is 38.5 Å². The molecule has 4 fully saturated rings. The van der Waals surface area contributed by atoms with E-state index < -0.39 is 79.9 Å². The first-order valence-corrected chi connectivity index (χ1v) is 11.4. The molecule has 0 radical (unpaired) electrons. The predicted molar refractivity (Wildman–Crippen MR) is 105 cm³/mol. The van der Waals surface area contributed by atoms with Gasteiger partial charge in [-0.2, -0.15) is 0 Å². The largest absolute Gasteiger partial charge is 0.394 e. The maximum Gasteiger partial charge on any atom is 0.187 e. The van der Waals surface area contributed by atoms with Gasteiger partial charge in [-0.25, -0.2) is 0 Å². The molecule has 0 amide bonds. The number of aliphatic hydroxyl groups is 7. The summed E-state index contributed by atoms with van der Waals surface area (Å²) in [7, 11) is 0. The third kappa shape index (κ3) is 4.61. The first-order chi connectivity index (χ1) is 15.2. The zero-order chi connectivity index (χ0) is 23.2. The third-order valence-corrected chi connectivity index (χ3v) is 7.53. The van der Waals surface area contributed by atoms with E-state index >= 15 is 0 Å². The predicted octanol–water partition coefficient (Wildman–Crippen LogP) is -2.81. The highest BCUT2D eigenvalue weighted by Crippen LogP contribution is 2.41. The minimum Gasteiger partial charge on any atom is -0.394 e. The van der Waals surface area contributed by atoms with E-state index in [1.54, 1.807) is 0 Å². The molecular formula is C21H34O11. The number of ketones is 1. The number of hydrogen-bond donors (Lipinski definition) is 7. The molecule has 13 atom stereocenters. The summed E-state index contributed by atoms with van der Waals surface area (Å²) < 4.78 is 17.3. The number of Topliss-reactive ketones (excluding diaryl/α,β-unsaturated/α-hetero) is 1. The molecule has 0 aromatic rings. The second kappa shape index (κ2) is 9.87. The van der Waals surface area contributed by atoms with Gasteiger partial charge in [-0.15, -0.1) is 0 Å². The lowest BCUT2D eigenvalue weighted by molar-refractivity contribution is -0.325. The maximum absolute atomic E-state index is 12.8. The molecule has 0 bridgehead atoms. The highest BCUT2D eigenvalue weighted by atomic mass is 16.7. The molecule has 32 heavy (non-hydrogen) atoms. The summed E-state index contributed by atoms with van der Waals surface area (Å²) in [6.45, 7) is -0.593. The fraction of sp³-hybridized carbons (Fsp3) is 0.952. The van der Waals surface area contributed by atoms with E-state index in [0.29, 0.717) is 32.1 Å². The Kier molecular flexibility index (Phi) is 7.52. The molecular weight excluding hydrogens is 428 g/mol. The molecule has 11 nitrogen and oxygen atoms in total. The summed E-state index contributed by atoms with van der Waals surface area (Å²) in [6.07, 6.45) is -9.99. The van der Waals surface area contributed by atoms with Gasteiger partial charge in [0.05, 0.1) is 37.1 Å². The third-order valence-electron chi connectivity index (χ3n) is 7.53. The fourth-order valence-electron chi connectivity index (χ4n) is 5.53. The van der Waals surface area contributed by atoms with E-state index in [1.807, 2.05) is 0 Å². The van der Waals surface area contributed by atoms with E-state index in [1.165, 1.54) is 0 Å². The van der Waals surface area contributed by atoms with Crippen LogP contribution >= 0.6 is 0 Å². The van der Waals surface area contributed by atoms with Gasteiger partial charge in [-0.3, -0.25) is 4.79 Å². The molecule has 0 spiro atoms. The maximum atomic E-state index is 12.8. The van der Waals surface area contributed by atoms with E-state index in [9.17, 15) is 40.5 Å². The van der Waals surface area contributed by atoms with E-state index in [-0.39, 0.29) is 18.1 Å². The number of fused-ring (bicyclic) bond motifs is 1. The quantitative estimate of drug-likeness (QED) is 0.229. The summed E-state index contributed by atoms with van der Waals surface area (Å²) in [5, 5.41) is 70.2. The van der Waals surface area contributed by atoms with Gasteiger partial charge in [0.15, 0.2) is 6.29 Å². The topological polar surface area (TPSA) is 186 Å². The van der Waals surface area contributed by atoms with Gasteiger partial charge in [0.25, 0.3) is 0 Å². The van der Waals surface area contributed by atoms with Crippen LogP contribution in [0.25, 0.3) is 0 Å². The molecule has 11 heteroatoms. The number of carbonyl (C=O) groups is 1. The second-order valence-corrected chi connectivity index (χ2v) is 9.56. The van der Waals surface area contributed by atoms with Gasteiger partial charge in [-0.05, 0) is 38.0 Å². The number of aliphatic hydroxyl groups excluding tert-OH is 7. The Morgan fingerprint density at radius 3 is 2.28 bits per heavy atom. The lowest BCUT2D eigenvalue weighted by atomic mass is 9.73. The van der Waals surface area contributed by atoms with Crippen molar-refractivity contribution in [1.82, 2.24) is 0 Å². The van der Waals surface area contributed by atoms with Gasteiger partial charge in [0, 0.05) is 12.3 Å². The Labute approximate surface area is 185 Å². The molecule has 7 N–H and O–H groups in total. The van der Waals surface area contributed by atoms with Crippen molar-refractivity contribution in [2.24, 2.45) is 11.8 Å². The SMILES string of the molecule is O=C1CC(C2CCC(O)C(O)C2)OC2C1CCC(O[C@@H]1OC(CO)[C@@H](O)[C@@H](O)C1O)C2O. The fourth-order valence-corrected chi connectivity index (χ4v) is 5.53. The average Bonchev–Trinajstić information content (AvgIpc) is 2.77. The molecule has 0 aromatic carbocycles. The number of ether oxygens (including phenoxy) is 3. The summed E-state index contributed by atoms with van der Waals surface area (Å²) in [6, 6.07) is 0. The van der Waals surface area contributed by atoms with Crippen molar-refractivity contribution in [3.05, 3.63) is 0 Å². The molecule has 2 aliphatic carbocycles. The lowest BCUT2D eigenvalue weighted by Gasteiger charge is -2.48. The zero-order valence-electron chi connectivity index (χ0n) is 17.7. The van der Waals surface area contributed by atoms with Crippen LogP contribution in [0.3, 0.4) is 0 Å². The molecule has 4 rings (SSSR count). The summed E-state index contributed by atoms with van der Waals surface area (Å²) >= 11 is 0. The van der Waals surface area contributed by atoms with Crippen LogP contribution in [-0.4, -0.2) is 115 Å². The number of rotatable bonds is 4. The standard InChI is InChI=1S/C21H34O11/c22-7-15-16(26)18(28)19(29)21(32-15)31-13-4-2-9-11(24)6-14(30-20(9)17(13)27)8-1-3-10(23)12(25)5-8/h8-10,12-23,25-29H,1-7H2/t8?,9?,10?,12?,13?,14?,15?,16-,17?,18-,19?,20?,21-/m1/s1. The van der Waals surface area contributed by atoms with E-state index in [0.717, 1.165) is 0 Å². The Balaban J connectivity index is 1.42. The van der Waals surface area contributed by atoms with E-state index in [2.05, 4.69) is 0 Å². The van der Waals surface area contributed by atoms with Gasteiger partial charge in [0.1, 0.15) is 36.3 Å². The number of hydrogen-bond acceptors (Lipinski definition) is 11. The van der Waals surface area contributed by atoms with Gasteiger partial charge in [-0.1, -0.05) is 0 Å². The van der Waals surface area contributed by atoms with Crippen LogP contribution in [0, 0.1) is 11.8 Å². The zero-order valence-corrected chi connectivity index (χ0v) is 17.7. The van der Waals surface area contributed by atoms with Gasteiger partial charge >= 0.3 is 0 Å². The van der Waals surface area contributed by atoms with Crippen molar-refractivity contribution in [2.75, 3.05) is 6.61 Å². The van der Waals surface area contributed by atoms with Crippen LogP contribution in [0.15, 0.2) is 0 Å². The molecule has 2 saturated heterocycles. The summed E-state index contributed by atoms with van der Waals surface area (Å²) in [5.74, 6) is -0.621. The van der Waals surface area contributed by atoms with Crippen LogP contribution < -0.4 is 0 Å². The van der Waals surface area contributed by atoms with Crippen molar-refractivity contribution in [3.63, 3.8) is 0 Å². The summed E-state index contributed by atoms with van der Waals surface area (Å²) in [4.78, 5) is 12.8. The highest BCUT2D eigenvalue weighted by Gasteiger charge is 2.51. The molecule has 2 heterocycles. The Morgan fingerprint density at radius 1 is 0.844 bits per heavy atom. The van der Waals surface area contributed by atoms with Crippen LogP contribution in [-0.2, 0) is 19.0 Å². The molecule has 10 unspecified atom stereocenters. The van der Waals surface area contributed by atoms with Crippen LogP contribution in [0.2, 0.25) is 0 Å². The summed E-state index contributed by atoms with van der Waals surface area (Å²) in [5.41, 5.74) is 0. The first kappa shape index (κ1) is 24.4. The van der Waals surface area contributed by atoms with Crippen molar-refractivity contribution < 1.29 is 54.8 Å². The van der Waals surface area contributed by atoms with Gasteiger partial charge < -0.3 is 50.0 Å². The Hall–Kier alpha value is -0.730. The van der Waals surface area contributed by atoms with Crippen molar-refractivity contribution in [3.8, 4) is 0 Å². The molecule has 4 aliphatic rings. The van der Waals surface area contributed by atoms with Crippen molar-refractivity contribution in [1.29, 1.82) is 0 Å². The monoisotopic (exact) mass is 462 g/mol. The number of carbonyl (C=O) groups excluding carboxylic acids is 1. The van der Waals surface area contributed by atoms with E-state index in [4.69, 9.17) is 14.2 Å². The first-order valence-electron chi connectivity index (χ1n) is 11.4. The van der Waals surface area contributed by atoms with Crippen LogP contribution in [0.5, 0.6) is 0 Å². The van der Waals surface area contributed by atoms with Crippen LogP contribution in [0.4, 0.5) is 0 Å². The average molecular weight is 462 g/mol. The van der Waals surface area contributed by atoms with Crippen molar-refractivity contribution >= 4 is 5.78 Å². The minimum atomic E-state index is -1.59. The molecule has 2 saturated carbocycles. The molecule has 0 aromatic heterocycles. The normalized spacial score (nSPS) is 52.5. The minimum absolute atomic E-state index is 0.0165. The molecule has 184 valence electrons. The Morgan fingerprint density at radius 2 is 1.59 bits per heavy atom. The second-order valence-electron chi connectivity index (χ2n) is 9.56. The Bertz CT molecular complexity index is 660. The van der Waals surface area contributed by atoms with Gasteiger partial charge in [0.2, 0.25) is 0 Å². The lowest BCUT2D eigenvalue weighted by Crippen LogP contribution is -2.62. The van der Waals surface area contributed by atoms with Crippen molar-refractivity contribution in [2.45, 2.75) is 106 Å². The molecule has 2 aliphatic heterocycles. The highest BCUT2D eigenvalue weighted by molar-refractivity contribution is 5.83.